The van der Waals surface area contributed by atoms with Crippen LogP contribution in [0.25, 0.3) is 0 Å². The number of hydrogen-bond acceptors (Lipinski definition) is 2. The maximum atomic E-state index is 10.1. The van der Waals surface area contributed by atoms with E-state index in [2.05, 4.69) is 13.8 Å². The molecule has 2 unspecified atom stereocenters. The van der Waals surface area contributed by atoms with Gasteiger partial charge < -0.3 is 10.2 Å². The molecule has 0 saturated carbocycles. The second-order valence-corrected chi connectivity index (χ2v) is 9.98. The average Bonchev–Trinajstić information content (AvgIpc) is 2.75. The van der Waals surface area contributed by atoms with E-state index in [0.717, 1.165) is 25.7 Å². The molecular weight excluding hydrogens is 379 g/mol. The van der Waals surface area contributed by atoms with Crippen LogP contribution in [0.1, 0.15) is 168 Å². The van der Waals surface area contributed by atoms with Gasteiger partial charge in [0.25, 0.3) is 0 Å². The molecule has 185 valence electrons. The van der Waals surface area contributed by atoms with Gasteiger partial charge in [0.05, 0.1) is 0 Å². The first-order valence-electron chi connectivity index (χ1n) is 14.4. The Hall–Kier alpha value is -0.0151. The lowest BCUT2D eigenvalue weighted by atomic mass is 9.63. The van der Waals surface area contributed by atoms with Gasteiger partial charge in [-0.2, -0.15) is 0 Å². The number of aliphatic hydroxyl groups is 2. The first kappa shape index (κ1) is 31.0. The fourth-order valence-electron chi connectivity index (χ4n) is 4.48. The Morgan fingerprint density at radius 1 is 0.387 bits per heavy atom. The van der Waals surface area contributed by atoms with E-state index in [9.17, 15) is 10.2 Å². The molecule has 2 N–H and O–H groups in total. The van der Waals surface area contributed by atoms with E-state index in [-0.39, 0.29) is 0 Å². The zero-order valence-electron chi connectivity index (χ0n) is 21.6. The van der Waals surface area contributed by atoms with Gasteiger partial charge in [0.1, 0.15) is 0 Å². The molecule has 0 saturated heterocycles. The van der Waals surface area contributed by atoms with Gasteiger partial charge in [0.2, 0.25) is 0 Å². The van der Waals surface area contributed by atoms with Crippen molar-refractivity contribution in [1.29, 1.82) is 0 Å². The number of aliphatic hydroxyl groups excluding tert-OH is 2. The van der Waals surface area contributed by atoms with Crippen LogP contribution in [0, 0.1) is 0 Å². The minimum Gasteiger partial charge on any atom is -0.402 e. The maximum absolute atomic E-state index is 10.1. The molecule has 0 aromatic carbocycles. The topological polar surface area (TPSA) is 40.5 Å². The van der Waals surface area contributed by atoms with Crippen LogP contribution < -0.4 is 0 Å². The summed E-state index contributed by atoms with van der Waals surface area (Å²) in [5.41, 5.74) is 0. The molecule has 0 bridgehead atoms. The fourth-order valence-corrected chi connectivity index (χ4v) is 4.48. The summed E-state index contributed by atoms with van der Waals surface area (Å²) in [6, 6.07) is -0.859. The third-order valence-electron chi connectivity index (χ3n) is 6.65. The van der Waals surface area contributed by atoms with Gasteiger partial charge in [0, 0.05) is 12.0 Å². The monoisotopic (exact) mass is 437 g/mol. The highest BCUT2D eigenvalue weighted by Crippen LogP contribution is 2.14. The van der Waals surface area contributed by atoms with Crippen molar-refractivity contribution in [2.24, 2.45) is 0 Å². The normalized spacial score (nSPS) is 13.4. The molecule has 3 heteroatoms. The summed E-state index contributed by atoms with van der Waals surface area (Å²) < 4.78 is 0. The molecule has 1 radical (unpaired) electrons. The van der Waals surface area contributed by atoms with E-state index in [1.807, 2.05) is 0 Å². The van der Waals surface area contributed by atoms with Gasteiger partial charge in [-0.25, -0.2) is 0 Å². The number of hydrogen-bond donors (Lipinski definition) is 2. The van der Waals surface area contributed by atoms with Gasteiger partial charge in [-0.1, -0.05) is 155 Å². The largest absolute Gasteiger partial charge is 0.402 e. The van der Waals surface area contributed by atoms with E-state index in [1.165, 1.54) is 128 Å². The summed E-state index contributed by atoms with van der Waals surface area (Å²) in [5.74, 6) is 0. The van der Waals surface area contributed by atoms with Crippen molar-refractivity contribution in [2.75, 3.05) is 0 Å². The van der Waals surface area contributed by atoms with Gasteiger partial charge in [0.15, 0.2) is 7.28 Å². The van der Waals surface area contributed by atoms with Crippen molar-refractivity contribution in [3.63, 3.8) is 0 Å². The summed E-state index contributed by atoms with van der Waals surface area (Å²) in [5, 5.41) is 20.2. The van der Waals surface area contributed by atoms with Crippen molar-refractivity contribution in [3.05, 3.63) is 0 Å². The number of unbranched alkanes of at least 4 members (excludes halogenated alkanes) is 20. The first-order valence-corrected chi connectivity index (χ1v) is 14.4. The van der Waals surface area contributed by atoms with Crippen LogP contribution in [-0.4, -0.2) is 29.5 Å². The predicted octanol–water partition coefficient (Wildman–Crippen LogP) is 8.73. The Labute approximate surface area is 197 Å². The third kappa shape index (κ3) is 26.1. The fraction of sp³-hybridized carbons (Fsp3) is 1.00. The van der Waals surface area contributed by atoms with Crippen LogP contribution in [-0.2, 0) is 0 Å². The molecule has 0 spiro atoms. The summed E-state index contributed by atoms with van der Waals surface area (Å²) in [4.78, 5) is 0. The summed E-state index contributed by atoms with van der Waals surface area (Å²) in [6.07, 6.45) is 31.0. The van der Waals surface area contributed by atoms with Gasteiger partial charge in [-0.3, -0.25) is 0 Å². The van der Waals surface area contributed by atoms with Crippen LogP contribution in [0.5, 0.6) is 0 Å². The smallest absolute Gasteiger partial charge is 0.187 e. The van der Waals surface area contributed by atoms with E-state index in [1.54, 1.807) is 7.28 Å². The van der Waals surface area contributed by atoms with Crippen molar-refractivity contribution >= 4 is 7.28 Å². The summed E-state index contributed by atoms with van der Waals surface area (Å²) >= 11 is 0. The molecule has 0 fully saturated rings. The zero-order valence-corrected chi connectivity index (χ0v) is 21.6. The number of rotatable bonds is 26. The molecule has 0 aliphatic heterocycles. The molecule has 0 aliphatic carbocycles. The Balaban J connectivity index is 3.29. The van der Waals surface area contributed by atoms with Gasteiger partial charge >= 0.3 is 0 Å². The van der Waals surface area contributed by atoms with E-state index in [4.69, 9.17) is 0 Å². The molecule has 0 aromatic rings. The lowest BCUT2D eigenvalue weighted by Gasteiger charge is -2.14. The minimum atomic E-state index is -0.429. The molecule has 2 atom stereocenters. The van der Waals surface area contributed by atoms with Crippen LogP contribution >= 0.6 is 0 Å². The second-order valence-electron chi connectivity index (χ2n) is 9.98. The van der Waals surface area contributed by atoms with E-state index in [0.29, 0.717) is 0 Å². The van der Waals surface area contributed by atoms with E-state index < -0.39 is 12.0 Å². The van der Waals surface area contributed by atoms with Gasteiger partial charge in [-0.05, 0) is 12.8 Å². The Morgan fingerprint density at radius 3 is 0.871 bits per heavy atom. The van der Waals surface area contributed by atoms with Crippen molar-refractivity contribution in [3.8, 4) is 0 Å². The lowest BCUT2D eigenvalue weighted by molar-refractivity contribution is 0.198. The first-order chi connectivity index (χ1) is 15.2. The Bertz CT molecular complexity index is 294. The highest BCUT2D eigenvalue weighted by molar-refractivity contribution is 6.38. The molecule has 0 amide bonds. The average molecular weight is 438 g/mol. The molecular formula is C28H58BO2. The molecule has 0 heterocycles. The molecule has 0 rings (SSSR count). The SMILES string of the molecule is CCCCCCCCCCCCCC(O)[B]C(O)CCCCCCCCCCCCC. The highest BCUT2D eigenvalue weighted by Gasteiger charge is 2.13. The summed E-state index contributed by atoms with van der Waals surface area (Å²) in [6.45, 7) is 4.55. The third-order valence-corrected chi connectivity index (χ3v) is 6.65. The lowest BCUT2D eigenvalue weighted by Crippen LogP contribution is -2.28. The Kier molecular flexibility index (Phi) is 26.2. The quantitative estimate of drug-likeness (QED) is 0.105. The van der Waals surface area contributed by atoms with Crippen molar-refractivity contribution in [2.45, 2.75) is 180 Å². The standard InChI is InChI=1S/C28H58BO2/c1-3-5-7-9-11-13-15-17-19-21-23-25-27(30)29-28(31)26-24-22-20-18-16-14-12-10-8-6-4-2/h27-28,30-31H,3-26H2,1-2H3. The maximum Gasteiger partial charge on any atom is 0.187 e. The second kappa shape index (κ2) is 26.2. The van der Waals surface area contributed by atoms with E-state index >= 15 is 0 Å². The van der Waals surface area contributed by atoms with Crippen molar-refractivity contribution in [1.82, 2.24) is 0 Å². The zero-order chi connectivity index (χ0) is 22.8. The van der Waals surface area contributed by atoms with Gasteiger partial charge in [-0.15, -0.1) is 0 Å². The van der Waals surface area contributed by atoms with Crippen LogP contribution in [0.4, 0.5) is 0 Å². The predicted molar refractivity (Wildman–Crippen MR) is 140 cm³/mol. The molecule has 0 aromatic heterocycles. The molecule has 31 heavy (non-hydrogen) atoms. The van der Waals surface area contributed by atoms with Crippen LogP contribution in [0.3, 0.4) is 0 Å². The van der Waals surface area contributed by atoms with Crippen LogP contribution in [0.2, 0.25) is 0 Å². The highest BCUT2D eigenvalue weighted by atomic mass is 16.3. The minimum absolute atomic E-state index is 0.429. The van der Waals surface area contributed by atoms with Crippen molar-refractivity contribution < 1.29 is 10.2 Å². The molecule has 2 nitrogen and oxygen atoms in total. The Morgan fingerprint density at radius 2 is 0.613 bits per heavy atom. The van der Waals surface area contributed by atoms with Crippen LogP contribution in [0.15, 0.2) is 0 Å². The molecule has 0 aliphatic rings. The summed E-state index contributed by atoms with van der Waals surface area (Å²) in [7, 11) is 1.77.